The van der Waals surface area contributed by atoms with E-state index in [-0.39, 0.29) is 0 Å². The molecule has 0 fully saturated rings. The summed E-state index contributed by atoms with van der Waals surface area (Å²) < 4.78 is 0. The summed E-state index contributed by atoms with van der Waals surface area (Å²) in [6.45, 7) is 1.12. The molecule has 16 heavy (non-hydrogen) atoms. The van der Waals surface area contributed by atoms with Gasteiger partial charge in [-0.2, -0.15) is 0 Å². The summed E-state index contributed by atoms with van der Waals surface area (Å²) in [7, 11) is 6.31. The first kappa shape index (κ1) is 13.2. The van der Waals surface area contributed by atoms with E-state index in [9.17, 15) is 0 Å². The number of likely N-dealkylation sites (N-methyl/N-ethyl adjacent to an activating group) is 2. The fourth-order valence-corrected chi connectivity index (χ4v) is 1.96. The molecule has 0 aliphatic heterocycles. The molecule has 1 aromatic rings. The van der Waals surface area contributed by atoms with Crippen LogP contribution in [-0.4, -0.2) is 38.6 Å². The smallest absolute Gasteiger partial charge is 0.0191 e. The van der Waals surface area contributed by atoms with Crippen molar-refractivity contribution in [2.45, 2.75) is 25.3 Å². The molecule has 1 unspecified atom stereocenters. The molecule has 0 spiro atoms. The molecule has 0 radical (unpaired) electrons. The van der Waals surface area contributed by atoms with Crippen molar-refractivity contribution in [2.75, 3.05) is 27.7 Å². The maximum absolute atomic E-state index is 3.38. The Balaban J connectivity index is 2.23. The molecular formula is C14H24N2. The molecule has 0 aliphatic rings. The van der Waals surface area contributed by atoms with Gasteiger partial charge in [0.2, 0.25) is 0 Å². The highest BCUT2D eigenvalue weighted by molar-refractivity contribution is 5.14. The van der Waals surface area contributed by atoms with E-state index in [2.05, 4.69) is 61.7 Å². The van der Waals surface area contributed by atoms with Crippen molar-refractivity contribution in [3.63, 3.8) is 0 Å². The third kappa shape index (κ3) is 5.29. The van der Waals surface area contributed by atoms with Gasteiger partial charge >= 0.3 is 0 Å². The number of benzene rings is 1. The maximum atomic E-state index is 3.38. The van der Waals surface area contributed by atoms with Crippen LogP contribution in [0.4, 0.5) is 0 Å². The summed E-state index contributed by atoms with van der Waals surface area (Å²) in [5, 5.41) is 3.38. The van der Waals surface area contributed by atoms with Gasteiger partial charge < -0.3 is 10.2 Å². The number of aryl methyl sites for hydroxylation is 1. The van der Waals surface area contributed by atoms with Crippen LogP contribution in [0, 0.1) is 0 Å². The minimum absolute atomic E-state index is 0.610. The van der Waals surface area contributed by atoms with E-state index in [1.54, 1.807) is 0 Å². The summed E-state index contributed by atoms with van der Waals surface area (Å²) in [5.41, 5.74) is 1.45. The molecule has 0 bridgehead atoms. The van der Waals surface area contributed by atoms with Gasteiger partial charge in [-0.1, -0.05) is 30.3 Å². The van der Waals surface area contributed by atoms with Crippen molar-refractivity contribution in [3.8, 4) is 0 Å². The molecule has 1 atom stereocenters. The molecule has 0 saturated heterocycles. The van der Waals surface area contributed by atoms with E-state index in [4.69, 9.17) is 0 Å². The van der Waals surface area contributed by atoms with Crippen LogP contribution in [0.5, 0.6) is 0 Å². The van der Waals surface area contributed by atoms with Crippen LogP contribution in [0.15, 0.2) is 30.3 Å². The van der Waals surface area contributed by atoms with Crippen molar-refractivity contribution in [1.82, 2.24) is 10.2 Å². The van der Waals surface area contributed by atoms with Crippen molar-refractivity contribution >= 4 is 0 Å². The van der Waals surface area contributed by atoms with Gasteiger partial charge in [-0.3, -0.25) is 0 Å². The maximum Gasteiger partial charge on any atom is 0.0191 e. The van der Waals surface area contributed by atoms with Crippen molar-refractivity contribution in [1.29, 1.82) is 0 Å². The van der Waals surface area contributed by atoms with Crippen LogP contribution in [0.1, 0.15) is 18.4 Å². The van der Waals surface area contributed by atoms with E-state index < -0.39 is 0 Å². The number of nitrogens with one attached hydrogen (secondary N) is 1. The van der Waals surface area contributed by atoms with Crippen LogP contribution >= 0.6 is 0 Å². The Hall–Kier alpha value is -0.860. The van der Waals surface area contributed by atoms with E-state index >= 15 is 0 Å². The number of rotatable bonds is 7. The lowest BCUT2D eigenvalue weighted by Gasteiger charge is -2.20. The summed E-state index contributed by atoms with van der Waals surface area (Å²) in [6, 6.07) is 11.3. The van der Waals surface area contributed by atoms with Gasteiger partial charge in [0.25, 0.3) is 0 Å². The molecule has 2 nitrogen and oxygen atoms in total. The topological polar surface area (TPSA) is 15.3 Å². The number of hydrogen-bond acceptors (Lipinski definition) is 2. The van der Waals surface area contributed by atoms with E-state index in [1.807, 2.05) is 0 Å². The monoisotopic (exact) mass is 220 g/mol. The summed E-state index contributed by atoms with van der Waals surface area (Å²) in [6.07, 6.45) is 3.68. The van der Waals surface area contributed by atoms with Crippen LogP contribution in [0.2, 0.25) is 0 Å². The van der Waals surface area contributed by atoms with Crippen molar-refractivity contribution < 1.29 is 0 Å². The zero-order chi connectivity index (χ0) is 11.8. The highest BCUT2D eigenvalue weighted by Gasteiger charge is 2.06. The molecule has 0 saturated carbocycles. The first-order valence-corrected chi connectivity index (χ1v) is 6.08. The zero-order valence-corrected chi connectivity index (χ0v) is 10.7. The van der Waals surface area contributed by atoms with Gasteiger partial charge in [0.1, 0.15) is 0 Å². The Morgan fingerprint density at radius 2 is 1.88 bits per heavy atom. The van der Waals surface area contributed by atoms with Crippen LogP contribution in [0.3, 0.4) is 0 Å². The largest absolute Gasteiger partial charge is 0.316 e. The van der Waals surface area contributed by atoms with Gasteiger partial charge in [-0.05, 0) is 46.0 Å². The van der Waals surface area contributed by atoms with Crippen LogP contribution in [-0.2, 0) is 6.42 Å². The Morgan fingerprint density at radius 3 is 2.44 bits per heavy atom. The molecular weight excluding hydrogens is 196 g/mol. The lowest BCUT2D eigenvalue weighted by Crippen LogP contribution is -2.35. The third-order valence-corrected chi connectivity index (χ3v) is 2.85. The molecule has 1 aromatic carbocycles. The lowest BCUT2D eigenvalue weighted by atomic mass is 10.0. The van der Waals surface area contributed by atoms with Gasteiger partial charge in [0, 0.05) is 12.6 Å². The summed E-state index contributed by atoms with van der Waals surface area (Å²) in [5.74, 6) is 0. The van der Waals surface area contributed by atoms with Crippen LogP contribution in [0.25, 0.3) is 0 Å². The second-order valence-electron chi connectivity index (χ2n) is 4.63. The Kier molecular flexibility index (Phi) is 6.12. The predicted octanol–water partition coefficient (Wildman–Crippen LogP) is 2.16. The average molecular weight is 220 g/mol. The first-order valence-electron chi connectivity index (χ1n) is 6.08. The van der Waals surface area contributed by atoms with E-state index in [0.29, 0.717) is 6.04 Å². The van der Waals surface area contributed by atoms with Crippen molar-refractivity contribution in [2.24, 2.45) is 0 Å². The van der Waals surface area contributed by atoms with Crippen molar-refractivity contribution in [3.05, 3.63) is 35.9 Å². The molecule has 1 rings (SSSR count). The molecule has 1 N–H and O–H groups in total. The highest BCUT2D eigenvalue weighted by atomic mass is 15.1. The number of nitrogens with zero attached hydrogens (tertiary/aromatic N) is 1. The lowest BCUT2D eigenvalue weighted by molar-refractivity contribution is 0.334. The van der Waals surface area contributed by atoms with E-state index in [1.165, 1.54) is 24.8 Å². The zero-order valence-electron chi connectivity index (χ0n) is 10.7. The van der Waals surface area contributed by atoms with Gasteiger partial charge in [0.15, 0.2) is 0 Å². The molecule has 0 aliphatic carbocycles. The summed E-state index contributed by atoms with van der Waals surface area (Å²) in [4.78, 5) is 2.24. The molecule has 0 amide bonds. The van der Waals surface area contributed by atoms with E-state index in [0.717, 1.165) is 6.54 Å². The molecule has 0 aromatic heterocycles. The fourth-order valence-electron chi connectivity index (χ4n) is 1.96. The highest BCUT2D eigenvalue weighted by Crippen LogP contribution is 2.06. The van der Waals surface area contributed by atoms with Gasteiger partial charge in [0.05, 0.1) is 0 Å². The fraction of sp³-hybridized carbons (Fsp3) is 0.571. The van der Waals surface area contributed by atoms with Crippen LogP contribution < -0.4 is 5.32 Å². The first-order chi connectivity index (χ1) is 7.72. The predicted molar refractivity (Wildman–Crippen MR) is 70.8 cm³/mol. The average Bonchev–Trinajstić information content (AvgIpc) is 2.28. The Labute approximate surface area is 99.7 Å². The quantitative estimate of drug-likeness (QED) is 0.757. The molecule has 0 heterocycles. The Bertz CT molecular complexity index is 269. The number of hydrogen-bond donors (Lipinski definition) is 1. The SMILES string of the molecule is CNC(CCCc1ccccc1)CN(C)C. The normalized spacial score (nSPS) is 13.0. The Morgan fingerprint density at radius 1 is 1.19 bits per heavy atom. The molecule has 90 valence electrons. The van der Waals surface area contributed by atoms with Gasteiger partial charge in [-0.25, -0.2) is 0 Å². The second-order valence-corrected chi connectivity index (χ2v) is 4.63. The summed E-state index contributed by atoms with van der Waals surface area (Å²) >= 11 is 0. The minimum atomic E-state index is 0.610. The minimum Gasteiger partial charge on any atom is -0.316 e. The molecule has 2 heteroatoms. The third-order valence-electron chi connectivity index (χ3n) is 2.85. The second kappa shape index (κ2) is 7.42. The van der Waals surface area contributed by atoms with Gasteiger partial charge in [-0.15, -0.1) is 0 Å². The standard InChI is InChI=1S/C14H24N2/c1-15-14(12-16(2)3)11-7-10-13-8-5-4-6-9-13/h4-6,8-9,14-15H,7,10-12H2,1-3H3.